The summed E-state index contributed by atoms with van der Waals surface area (Å²) in [6.07, 6.45) is 2.97. The Labute approximate surface area is 154 Å². The van der Waals surface area contributed by atoms with Crippen LogP contribution < -0.4 is 0 Å². The van der Waals surface area contributed by atoms with Crippen LogP contribution in [-0.4, -0.2) is 30.1 Å². The van der Waals surface area contributed by atoms with Crippen LogP contribution in [-0.2, 0) is 19.4 Å². The van der Waals surface area contributed by atoms with Crippen LogP contribution in [0, 0.1) is 12.3 Å². The highest BCUT2D eigenvalue weighted by Gasteiger charge is 2.33. The van der Waals surface area contributed by atoms with Gasteiger partial charge in [-0.15, -0.1) is 11.3 Å². The summed E-state index contributed by atoms with van der Waals surface area (Å²) in [5.74, 6) is -0.788. The zero-order valence-electron chi connectivity index (χ0n) is 15.8. The van der Waals surface area contributed by atoms with Gasteiger partial charge in [0, 0.05) is 16.3 Å². The number of rotatable bonds is 4. The molecule has 25 heavy (non-hydrogen) atoms. The molecule has 4 heteroatoms. The van der Waals surface area contributed by atoms with E-state index in [1.54, 1.807) is 11.3 Å². The van der Waals surface area contributed by atoms with E-state index in [9.17, 15) is 9.90 Å². The molecule has 0 amide bonds. The third-order valence-electron chi connectivity index (χ3n) is 5.06. The van der Waals surface area contributed by atoms with E-state index in [1.807, 2.05) is 14.1 Å². The summed E-state index contributed by atoms with van der Waals surface area (Å²) < 4.78 is 0. The summed E-state index contributed by atoms with van der Waals surface area (Å²) in [5.41, 5.74) is 5.26. The molecule has 1 aromatic carbocycles. The molecule has 0 aliphatic heterocycles. The highest BCUT2D eigenvalue weighted by Crippen LogP contribution is 2.46. The number of nitrogens with zero attached hydrogens (tertiary/aromatic N) is 1. The quantitative estimate of drug-likeness (QED) is 0.837. The number of aryl methyl sites for hydroxylation is 2. The number of carboxylic acid groups (broad SMARTS) is 1. The fourth-order valence-corrected chi connectivity index (χ4v) is 5.30. The van der Waals surface area contributed by atoms with Crippen LogP contribution in [0.3, 0.4) is 0 Å². The van der Waals surface area contributed by atoms with E-state index in [2.05, 4.69) is 43.9 Å². The topological polar surface area (TPSA) is 40.5 Å². The Morgan fingerprint density at radius 1 is 1.32 bits per heavy atom. The number of carbonyl (C=O) groups is 1. The molecule has 1 aliphatic rings. The molecule has 1 aliphatic carbocycles. The largest absolute Gasteiger partial charge is 0.478 e. The first-order chi connectivity index (χ1) is 11.7. The van der Waals surface area contributed by atoms with Crippen molar-refractivity contribution < 1.29 is 9.90 Å². The Balaban J connectivity index is 2.23. The van der Waals surface area contributed by atoms with Crippen molar-refractivity contribution >= 4 is 17.3 Å². The van der Waals surface area contributed by atoms with Gasteiger partial charge in [-0.2, -0.15) is 0 Å². The van der Waals surface area contributed by atoms with Crippen LogP contribution in [0.25, 0.3) is 10.4 Å². The molecule has 0 radical (unpaired) electrons. The fraction of sp³-hybridized carbons (Fsp3) is 0.476. The van der Waals surface area contributed by atoms with E-state index in [4.69, 9.17) is 0 Å². The van der Waals surface area contributed by atoms with Gasteiger partial charge in [-0.3, -0.25) is 0 Å². The SMILES string of the molecule is Cc1cccc(CN(C)C)c1-c1sc2c(c1C(=O)O)CC(C)(C)CC2. The Hall–Kier alpha value is -1.65. The molecule has 2 aromatic rings. The van der Waals surface area contributed by atoms with Crippen LogP contribution in [0.1, 0.15) is 52.2 Å². The lowest BCUT2D eigenvalue weighted by Crippen LogP contribution is -2.22. The van der Waals surface area contributed by atoms with Gasteiger partial charge in [-0.25, -0.2) is 4.79 Å². The van der Waals surface area contributed by atoms with Crippen molar-refractivity contribution in [3.63, 3.8) is 0 Å². The van der Waals surface area contributed by atoms with Gasteiger partial charge >= 0.3 is 5.97 Å². The van der Waals surface area contributed by atoms with E-state index in [0.717, 1.165) is 47.4 Å². The number of aromatic carboxylic acids is 1. The lowest BCUT2D eigenvalue weighted by Gasteiger charge is -2.29. The van der Waals surface area contributed by atoms with Crippen LogP contribution in [0.4, 0.5) is 0 Å². The first-order valence-electron chi connectivity index (χ1n) is 8.81. The lowest BCUT2D eigenvalue weighted by molar-refractivity contribution is 0.0696. The van der Waals surface area contributed by atoms with E-state index in [0.29, 0.717) is 5.56 Å². The van der Waals surface area contributed by atoms with Gasteiger partial charge in [-0.05, 0) is 68.0 Å². The number of fused-ring (bicyclic) bond motifs is 1. The maximum absolute atomic E-state index is 12.2. The smallest absolute Gasteiger partial charge is 0.337 e. The molecule has 0 spiro atoms. The van der Waals surface area contributed by atoms with Crippen molar-refractivity contribution in [3.05, 3.63) is 45.3 Å². The normalized spacial score (nSPS) is 16.1. The number of hydrogen-bond acceptors (Lipinski definition) is 3. The zero-order chi connectivity index (χ0) is 18.4. The number of benzene rings is 1. The fourth-order valence-electron chi connectivity index (χ4n) is 3.85. The second kappa shape index (κ2) is 6.58. The molecule has 134 valence electrons. The molecule has 1 heterocycles. The van der Waals surface area contributed by atoms with E-state index in [-0.39, 0.29) is 5.41 Å². The predicted molar refractivity (Wildman–Crippen MR) is 105 cm³/mol. The molecule has 0 unspecified atom stereocenters. The molecular weight excluding hydrogens is 330 g/mol. The predicted octanol–water partition coefficient (Wildman–Crippen LogP) is 5.00. The molecule has 3 nitrogen and oxygen atoms in total. The highest BCUT2D eigenvalue weighted by atomic mass is 32.1. The summed E-state index contributed by atoms with van der Waals surface area (Å²) in [5, 5.41) is 10.0. The highest BCUT2D eigenvalue weighted by molar-refractivity contribution is 7.16. The summed E-state index contributed by atoms with van der Waals surface area (Å²) in [7, 11) is 4.10. The molecule has 3 rings (SSSR count). The second-order valence-corrected chi connectivity index (χ2v) is 9.31. The minimum absolute atomic E-state index is 0.174. The molecule has 0 saturated carbocycles. The van der Waals surface area contributed by atoms with Crippen LogP contribution in [0.15, 0.2) is 18.2 Å². The molecular formula is C21H27NO2S. The van der Waals surface area contributed by atoms with Crippen molar-refractivity contribution in [2.45, 2.75) is 46.6 Å². The Morgan fingerprint density at radius 3 is 2.68 bits per heavy atom. The summed E-state index contributed by atoms with van der Waals surface area (Å²) in [6, 6.07) is 6.27. The molecule has 1 N–H and O–H groups in total. The summed E-state index contributed by atoms with van der Waals surface area (Å²) in [4.78, 5) is 16.5. The van der Waals surface area contributed by atoms with Gasteiger partial charge in [0.1, 0.15) is 0 Å². The minimum atomic E-state index is -0.788. The maximum Gasteiger partial charge on any atom is 0.337 e. The van der Waals surface area contributed by atoms with Gasteiger partial charge < -0.3 is 10.0 Å². The average molecular weight is 358 g/mol. The van der Waals surface area contributed by atoms with Gasteiger partial charge in [0.05, 0.1) is 5.56 Å². The molecule has 0 bridgehead atoms. The van der Waals surface area contributed by atoms with Gasteiger partial charge in [0.25, 0.3) is 0 Å². The molecule has 1 aromatic heterocycles. The van der Waals surface area contributed by atoms with Crippen LogP contribution in [0.5, 0.6) is 0 Å². The van der Waals surface area contributed by atoms with Crippen molar-refractivity contribution in [1.82, 2.24) is 4.90 Å². The zero-order valence-corrected chi connectivity index (χ0v) is 16.6. The summed E-state index contributed by atoms with van der Waals surface area (Å²) >= 11 is 1.70. The number of carboxylic acids is 1. The third kappa shape index (κ3) is 3.51. The van der Waals surface area contributed by atoms with Crippen molar-refractivity contribution in [2.24, 2.45) is 5.41 Å². The second-order valence-electron chi connectivity index (χ2n) is 8.20. The minimum Gasteiger partial charge on any atom is -0.478 e. The van der Waals surface area contributed by atoms with E-state index < -0.39 is 5.97 Å². The van der Waals surface area contributed by atoms with Crippen LogP contribution >= 0.6 is 11.3 Å². The first kappa shape index (κ1) is 18.2. The van der Waals surface area contributed by atoms with Gasteiger partial charge in [0.2, 0.25) is 0 Å². The van der Waals surface area contributed by atoms with Crippen LogP contribution in [0.2, 0.25) is 0 Å². The number of thiophene rings is 1. The van der Waals surface area contributed by atoms with E-state index >= 15 is 0 Å². The Bertz CT molecular complexity index is 818. The summed E-state index contributed by atoms with van der Waals surface area (Å²) in [6.45, 7) is 7.38. The lowest BCUT2D eigenvalue weighted by atomic mass is 9.75. The maximum atomic E-state index is 12.2. The Morgan fingerprint density at radius 2 is 2.04 bits per heavy atom. The van der Waals surface area contributed by atoms with Crippen molar-refractivity contribution in [1.29, 1.82) is 0 Å². The Kier molecular flexibility index (Phi) is 4.78. The molecule has 0 saturated heterocycles. The van der Waals surface area contributed by atoms with E-state index in [1.165, 1.54) is 10.4 Å². The standard InChI is InChI=1S/C21H27NO2S/c1-13-7-6-8-14(12-22(4)5)17(13)19-18(20(23)24)15-11-21(2,3)10-9-16(15)25-19/h6-8H,9-12H2,1-5H3,(H,23,24). The molecule has 0 atom stereocenters. The van der Waals surface area contributed by atoms with Gasteiger partial charge in [0.15, 0.2) is 0 Å². The van der Waals surface area contributed by atoms with Gasteiger partial charge in [-0.1, -0.05) is 32.0 Å². The monoisotopic (exact) mass is 357 g/mol. The first-order valence-corrected chi connectivity index (χ1v) is 9.62. The van der Waals surface area contributed by atoms with Crippen molar-refractivity contribution in [3.8, 4) is 10.4 Å². The van der Waals surface area contributed by atoms with Crippen molar-refractivity contribution in [2.75, 3.05) is 14.1 Å². The molecule has 0 fully saturated rings. The third-order valence-corrected chi connectivity index (χ3v) is 6.37. The number of hydrogen-bond donors (Lipinski definition) is 1. The average Bonchev–Trinajstić information content (AvgIpc) is 2.83.